The zero-order valence-corrected chi connectivity index (χ0v) is 12.3. The smallest absolute Gasteiger partial charge is 0.246 e. The highest BCUT2D eigenvalue weighted by Crippen LogP contribution is 2.17. The summed E-state index contributed by atoms with van der Waals surface area (Å²) in [6, 6.07) is 16.7. The summed E-state index contributed by atoms with van der Waals surface area (Å²) in [5, 5.41) is 6.14. The summed E-state index contributed by atoms with van der Waals surface area (Å²) < 4.78 is 5.12. The first-order chi connectivity index (χ1) is 10.2. The van der Waals surface area contributed by atoms with Crippen LogP contribution in [0.5, 0.6) is 5.75 Å². The van der Waals surface area contributed by atoms with Gasteiger partial charge in [-0.2, -0.15) is 0 Å². The molecule has 2 aromatic carbocycles. The van der Waals surface area contributed by atoms with Crippen LogP contribution in [0.25, 0.3) is 0 Å². The quantitative estimate of drug-likeness (QED) is 0.853. The predicted molar refractivity (Wildman–Crippen MR) is 85.8 cm³/mol. The molecule has 0 saturated heterocycles. The Morgan fingerprint density at radius 3 is 2.29 bits per heavy atom. The molecule has 0 aromatic heterocycles. The summed E-state index contributed by atoms with van der Waals surface area (Å²) in [4.78, 5) is 12.3. The highest BCUT2D eigenvalue weighted by atomic mass is 16.5. The SMILES string of the molecule is CC[C@@H](Nc1ccc(OC)cc1)C(=O)Nc1ccccc1. The molecule has 2 rings (SSSR count). The van der Waals surface area contributed by atoms with Gasteiger partial charge in [-0.05, 0) is 42.8 Å². The molecule has 0 radical (unpaired) electrons. The number of methoxy groups -OCH3 is 1. The van der Waals surface area contributed by atoms with Gasteiger partial charge >= 0.3 is 0 Å². The highest BCUT2D eigenvalue weighted by molar-refractivity contribution is 5.96. The van der Waals surface area contributed by atoms with Crippen LogP contribution in [0.4, 0.5) is 11.4 Å². The van der Waals surface area contributed by atoms with E-state index in [0.29, 0.717) is 6.42 Å². The van der Waals surface area contributed by atoms with Crippen molar-refractivity contribution in [2.24, 2.45) is 0 Å². The van der Waals surface area contributed by atoms with Crippen LogP contribution in [0.1, 0.15) is 13.3 Å². The number of ether oxygens (including phenoxy) is 1. The lowest BCUT2D eigenvalue weighted by atomic mass is 10.2. The fourth-order valence-corrected chi connectivity index (χ4v) is 1.99. The van der Waals surface area contributed by atoms with Crippen molar-refractivity contribution in [1.29, 1.82) is 0 Å². The van der Waals surface area contributed by atoms with E-state index in [9.17, 15) is 4.79 Å². The van der Waals surface area contributed by atoms with E-state index in [-0.39, 0.29) is 11.9 Å². The van der Waals surface area contributed by atoms with Crippen LogP contribution in [0.2, 0.25) is 0 Å². The summed E-state index contributed by atoms with van der Waals surface area (Å²) >= 11 is 0. The van der Waals surface area contributed by atoms with Crippen molar-refractivity contribution >= 4 is 17.3 Å². The van der Waals surface area contributed by atoms with E-state index in [1.807, 2.05) is 61.5 Å². The first-order valence-corrected chi connectivity index (χ1v) is 6.99. The van der Waals surface area contributed by atoms with Crippen LogP contribution in [-0.2, 0) is 4.79 Å². The number of amides is 1. The van der Waals surface area contributed by atoms with Gasteiger partial charge < -0.3 is 15.4 Å². The molecular weight excluding hydrogens is 264 g/mol. The first kappa shape index (κ1) is 14.9. The largest absolute Gasteiger partial charge is 0.497 e. The molecule has 0 aliphatic rings. The Bertz CT molecular complexity index is 567. The molecule has 0 saturated carbocycles. The third-order valence-corrected chi connectivity index (χ3v) is 3.20. The fraction of sp³-hybridized carbons (Fsp3) is 0.235. The molecule has 2 N–H and O–H groups in total. The van der Waals surface area contributed by atoms with Gasteiger partial charge in [0.1, 0.15) is 11.8 Å². The Labute approximate surface area is 125 Å². The van der Waals surface area contributed by atoms with Crippen LogP contribution >= 0.6 is 0 Å². The first-order valence-electron chi connectivity index (χ1n) is 6.99. The molecule has 1 atom stereocenters. The van der Waals surface area contributed by atoms with Crippen LogP contribution in [0.3, 0.4) is 0 Å². The van der Waals surface area contributed by atoms with Crippen molar-refractivity contribution in [1.82, 2.24) is 0 Å². The lowest BCUT2D eigenvalue weighted by molar-refractivity contribution is -0.116. The van der Waals surface area contributed by atoms with Crippen molar-refractivity contribution in [3.8, 4) is 5.75 Å². The van der Waals surface area contributed by atoms with E-state index in [4.69, 9.17) is 4.74 Å². The second-order valence-corrected chi connectivity index (χ2v) is 4.69. The van der Waals surface area contributed by atoms with Gasteiger partial charge in [0.2, 0.25) is 5.91 Å². The summed E-state index contributed by atoms with van der Waals surface area (Å²) in [5.74, 6) is 0.752. The van der Waals surface area contributed by atoms with Crippen molar-refractivity contribution in [2.45, 2.75) is 19.4 Å². The lowest BCUT2D eigenvalue weighted by Gasteiger charge is -2.18. The number of carbonyl (C=O) groups is 1. The average molecular weight is 284 g/mol. The van der Waals surface area contributed by atoms with E-state index in [2.05, 4.69) is 10.6 Å². The number of rotatable bonds is 6. The van der Waals surface area contributed by atoms with Crippen molar-refractivity contribution in [3.63, 3.8) is 0 Å². The molecule has 2 aromatic rings. The Morgan fingerprint density at radius 1 is 1.05 bits per heavy atom. The van der Waals surface area contributed by atoms with Crippen LogP contribution in [0.15, 0.2) is 54.6 Å². The summed E-state index contributed by atoms with van der Waals surface area (Å²) in [6.07, 6.45) is 0.699. The summed E-state index contributed by atoms with van der Waals surface area (Å²) in [6.45, 7) is 1.98. The molecule has 0 unspecified atom stereocenters. The number of carbonyl (C=O) groups excluding carboxylic acids is 1. The topological polar surface area (TPSA) is 50.4 Å². The van der Waals surface area contributed by atoms with E-state index in [1.54, 1.807) is 7.11 Å². The zero-order valence-electron chi connectivity index (χ0n) is 12.3. The number of hydrogen-bond acceptors (Lipinski definition) is 3. The van der Waals surface area contributed by atoms with Crippen LogP contribution < -0.4 is 15.4 Å². The minimum atomic E-state index is -0.279. The summed E-state index contributed by atoms with van der Waals surface area (Å²) in [5.41, 5.74) is 1.70. The average Bonchev–Trinajstić information content (AvgIpc) is 2.54. The van der Waals surface area contributed by atoms with Gasteiger partial charge in [0, 0.05) is 11.4 Å². The second kappa shape index (κ2) is 7.33. The number of hydrogen-bond donors (Lipinski definition) is 2. The van der Waals surface area contributed by atoms with Gasteiger partial charge in [0.05, 0.1) is 7.11 Å². The van der Waals surface area contributed by atoms with E-state index in [1.165, 1.54) is 0 Å². The van der Waals surface area contributed by atoms with Crippen molar-refractivity contribution < 1.29 is 9.53 Å². The molecule has 0 aliphatic carbocycles. The maximum Gasteiger partial charge on any atom is 0.246 e. The second-order valence-electron chi connectivity index (χ2n) is 4.69. The molecule has 0 spiro atoms. The minimum Gasteiger partial charge on any atom is -0.497 e. The van der Waals surface area contributed by atoms with Gasteiger partial charge in [0.25, 0.3) is 0 Å². The lowest BCUT2D eigenvalue weighted by Crippen LogP contribution is -2.34. The number of para-hydroxylation sites is 1. The molecule has 0 aliphatic heterocycles. The maximum atomic E-state index is 12.3. The Morgan fingerprint density at radius 2 is 1.71 bits per heavy atom. The molecule has 21 heavy (non-hydrogen) atoms. The summed E-state index contributed by atoms with van der Waals surface area (Å²) in [7, 11) is 1.63. The Kier molecular flexibility index (Phi) is 5.21. The van der Waals surface area contributed by atoms with Crippen LogP contribution in [0, 0.1) is 0 Å². The standard InChI is InChI=1S/C17H20N2O2/c1-3-16(17(20)19-13-7-5-4-6-8-13)18-14-9-11-15(21-2)12-10-14/h4-12,16,18H,3H2,1-2H3,(H,19,20)/t16-/m1/s1. The third-order valence-electron chi connectivity index (χ3n) is 3.20. The monoisotopic (exact) mass is 284 g/mol. The molecule has 4 nitrogen and oxygen atoms in total. The molecule has 0 heterocycles. The Hall–Kier alpha value is -2.49. The van der Waals surface area contributed by atoms with E-state index >= 15 is 0 Å². The van der Waals surface area contributed by atoms with Gasteiger partial charge in [0.15, 0.2) is 0 Å². The third kappa shape index (κ3) is 4.24. The zero-order chi connectivity index (χ0) is 15.1. The van der Waals surface area contributed by atoms with Crippen LogP contribution in [-0.4, -0.2) is 19.1 Å². The highest BCUT2D eigenvalue weighted by Gasteiger charge is 2.16. The van der Waals surface area contributed by atoms with Gasteiger partial charge in [-0.25, -0.2) is 0 Å². The minimum absolute atomic E-state index is 0.0421. The van der Waals surface area contributed by atoms with E-state index < -0.39 is 0 Å². The van der Waals surface area contributed by atoms with Crippen molar-refractivity contribution in [3.05, 3.63) is 54.6 Å². The fourth-order valence-electron chi connectivity index (χ4n) is 1.99. The molecule has 1 amide bonds. The molecular formula is C17H20N2O2. The van der Waals surface area contributed by atoms with Crippen molar-refractivity contribution in [2.75, 3.05) is 17.7 Å². The number of benzene rings is 2. The molecule has 0 bridgehead atoms. The molecule has 4 heteroatoms. The van der Waals surface area contributed by atoms with Gasteiger partial charge in [-0.3, -0.25) is 4.79 Å². The maximum absolute atomic E-state index is 12.3. The number of anilines is 2. The molecule has 110 valence electrons. The predicted octanol–water partition coefficient (Wildman–Crippen LogP) is 3.52. The normalized spacial score (nSPS) is 11.5. The Balaban J connectivity index is 1.99. The van der Waals surface area contributed by atoms with Gasteiger partial charge in [-0.1, -0.05) is 25.1 Å². The molecule has 0 fully saturated rings. The van der Waals surface area contributed by atoms with E-state index in [0.717, 1.165) is 17.1 Å². The number of nitrogens with one attached hydrogen (secondary N) is 2. The van der Waals surface area contributed by atoms with Gasteiger partial charge in [-0.15, -0.1) is 0 Å².